The van der Waals surface area contributed by atoms with Gasteiger partial charge in [-0.1, -0.05) is 38.0 Å². The van der Waals surface area contributed by atoms with Gasteiger partial charge in [-0.25, -0.2) is 0 Å². The van der Waals surface area contributed by atoms with Crippen molar-refractivity contribution < 1.29 is 5.11 Å². The quantitative estimate of drug-likeness (QED) is 0.653. The lowest BCUT2D eigenvalue weighted by atomic mass is 9.47. The lowest BCUT2D eigenvalue weighted by molar-refractivity contribution is -0.0917. The SMILES string of the molecule is C#C[C@@]1(O)CC[C@H]2[C@@H]3CC=C4C=CCC[C@]4(C)[C@H]3CC[C@@]21C. The van der Waals surface area contributed by atoms with Crippen LogP contribution in [-0.2, 0) is 0 Å². The van der Waals surface area contributed by atoms with Crippen LogP contribution in [0.5, 0.6) is 0 Å². The van der Waals surface area contributed by atoms with Gasteiger partial charge in [0.25, 0.3) is 0 Å². The maximum atomic E-state index is 11.0. The lowest BCUT2D eigenvalue weighted by Gasteiger charge is -2.57. The van der Waals surface area contributed by atoms with Gasteiger partial charge in [0, 0.05) is 5.41 Å². The topological polar surface area (TPSA) is 20.2 Å². The van der Waals surface area contributed by atoms with Crippen molar-refractivity contribution in [3.05, 3.63) is 23.8 Å². The summed E-state index contributed by atoms with van der Waals surface area (Å²) in [7, 11) is 0. The number of rotatable bonds is 0. The summed E-state index contributed by atoms with van der Waals surface area (Å²) >= 11 is 0. The number of hydrogen-bond donors (Lipinski definition) is 1. The molecule has 22 heavy (non-hydrogen) atoms. The highest BCUT2D eigenvalue weighted by atomic mass is 16.3. The molecule has 0 spiro atoms. The lowest BCUT2D eigenvalue weighted by Crippen LogP contribution is -2.53. The molecular weight excluding hydrogens is 268 g/mol. The molecular formula is C21H28O. The van der Waals surface area contributed by atoms with Gasteiger partial charge >= 0.3 is 0 Å². The van der Waals surface area contributed by atoms with E-state index in [1.807, 2.05) is 0 Å². The van der Waals surface area contributed by atoms with Crippen LogP contribution in [0.25, 0.3) is 0 Å². The molecule has 0 radical (unpaired) electrons. The Morgan fingerprint density at radius 2 is 1.95 bits per heavy atom. The molecule has 2 saturated carbocycles. The van der Waals surface area contributed by atoms with Crippen molar-refractivity contribution in [1.82, 2.24) is 0 Å². The standard InChI is InChI=1S/C21H28O/c1-4-21(22)14-11-18-16-9-8-15-7-5-6-12-19(15,2)17(16)10-13-20(18,21)3/h1,5,7-8,16-18,22H,6,9-14H2,2-3H3/t16-,17+,18+,19+,20+,21-/m1/s1. The molecule has 4 rings (SSSR count). The summed E-state index contributed by atoms with van der Waals surface area (Å²) in [6, 6.07) is 0. The molecule has 118 valence electrons. The Hall–Kier alpha value is -1.00. The fourth-order valence-corrected chi connectivity index (χ4v) is 6.55. The third kappa shape index (κ3) is 1.60. The number of aliphatic hydroxyl groups is 1. The summed E-state index contributed by atoms with van der Waals surface area (Å²) in [5.41, 5.74) is 0.985. The first kappa shape index (κ1) is 14.6. The molecule has 0 saturated heterocycles. The molecule has 6 atom stereocenters. The van der Waals surface area contributed by atoms with Crippen LogP contribution in [0, 0.1) is 40.9 Å². The van der Waals surface area contributed by atoms with Gasteiger partial charge in [-0.2, -0.15) is 0 Å². The van der Waals surface area contributed by atoms with Gasteiger partial charge < -0.3 is 5.11 Å². The van der Waals surface area contributed by atoms with Crippen molar-refractivity contribution in [1.29, 1.82) is 0 Å². The van der Waals surface area contributed by atoms with Crippen molar-refractivity contribution in [2.75, 3.05) is 0 Å². The monoisotopic (exact) mass is 296 g/mol. The Kier molecular flexibility index (Phi) is 2.99. The zero-order valence-electron chi connectivity index (χ0n) is 13.9. The van der Waals surface area contributed by atoms with E-state index in [0.29, 0.717) is 17.3 Å². The second-order valence-electron chi connectivity index (χ2n) is 8.63. The summed E-state index contributed by atoms with van der Waals surface area (Å²) in [6.45, 7) is 4.76. The largest absolute Gasteiger partial charge is 0.377 e. The molecule has 1 nitrogen and oxygen atoms in total. The van der Waals surface area contributed by atoms with E-state index in [-0.39, 0.29) is 5.41 Å². The van der Waals surface area contributed by atoms with E-state index >= 15 is 0 Å². The molecule has 2 fully saturated rings. The van der Waals surface area contributed by atoms with Gasteiger partial charge in [0.15, 0.2) is 0 Å². The van der Waals surface area contributed by atoms with Crippen LogP contribution in [0.1, 0.15) is 58.8 Å². The highest BCUT2D eigenvalue weighted by molar-refractivity contribution is 5.35. The molecule has 4 aliphatic carbocycles. The van der Waals surface area contributed by atoms with E-state index in [1.165, 1.54) is 25.7 Å². The Morgan fingerprint density at radius 3 is 2.73 bits per heavy atom. The molecule has 0 aromatic rings. The van der Waals surface area contributed by atoms with Crippen LogP contribution in [0.2, 0.25) is 0 Å². The van der Waals surface area contributed by atoms with Crippen molar-refractivity contribution in [3.8, 4) is 12.3 Å². The molecule has 0 amide bonds. The van der Waals surface area contributed by atoms with Crippen molar-refractivity contribution in [2.24, 2.45) is 28.6 Å². The van der Waals surface area contributed by atoms with Crippen LogP contribution in [-0.4, -0.2) is 10.7 Å². The minimum absolute atomic E-state index is 0.0743. The zero-order chi connectivity index (χ0) is 15.6. The summed E-state index contributed by atoms with van der Waals surface area (Å²) in [4.78, 5) is 0. The normalized spacial score (nSPS) is 53.0. The Balaban J connectivity index is 1.73. The van der Waals surface area contributed by atoms with E-state index < -0.39 is 5.60 Å². The van der Waals surface area contributed by atoms with Crippen molar-refractivity contribution in [2.45, 2.75) is 64.4 Å². The van der Waals surface area contributed by atoms with E-state index in [4.69, 9.17) is 6.42 Å². The maximum Gasteiger partial charge on any atom is 0.130 e. The maximum absolute atomic E-state index is 11.0. The number of fused-ring (bicyclic) bond motifs is 5. The summed E-state index contributed by atoms with van der Waals surface area (Å²) in [6.07, 6.45) is 20.9. The number of terminal acetylenes is 1. The zero-order valence-corrected chi connectivity index (χ0v) is 13.9. The highest BCUT2D eigenvalue weighted by Gasteiger charge is 2.62. The number of hydrogen-bond acceptors (Lipinski definition) is 1. The first-order chi connectivity index (χ1) is 10.4. The van der Waals surface area contributed by atoms with Gasteiger partial charge in [0.2, 0.25) is 0 Å². The van der Waals surface area contributed by atoms with Gasteiger partial charge in [-0.15, -0.1) is 6.42 Å². The average molecular weight is 296 g/mol. The molecule has 0 aromatic carbocycles. The smallest absolute Gasteiger partial charge is 0.130 e. The fraction of sp³-hybridized carbons (Fsp3) is 0.714. The second-order valence-corrected chi connectivity index (χ2v) is 8.63. The first-order valence-electron chi connectivity index (χ1n) is 9.02. The molecule has 0 aliphatic heterocycles. The minimum atomic E-state index is -0.875. The molecule has 1 N–H and O–H groups in total. The van der Waals surface area contributed by atoms with E-state index in [1.54, 1.807) is 5.57 Å². The van der Waals surface area contributed by atoms with Gasteiger partial charge in [0.05, 0.1) is 0 Å². The van der Waals surface area contributed by atoms with Gasteiger partial charge in [-0.3, -0.25) is 0 Å². The summed E-state index contributed by atoms with van der Waals surface area (Å²) < 4.78 is 0. The Bertz CT molecular complexity index is 594. The molecule has 0 heterocycles. The van der Waals surface area contributed by atoms with Crippen LogP contribution in [0.15, 0.2) is 23.8 Å². The number of allylic oxidation sites excluding steroid dienone is 4. The minimum Gasteiger partial charge on any atom is -0.377 e. The molecule has 0 aromatic heterocycles. The van der Waals surface area contributed by atoms with Crippen molar-refractivity contribution in [3.63, 3.8) is 0 Å². The molecule has 0 bridgehead atoms. The molecule has 4 aliphatic rings. The van der Waals surface area contributed by atoms with Crippen LogP contribution >= 0.6 is 0 Å². The summed E-state index contributed by atoms with van der Waals surface area (Å²) in [5, 5.41) is 11.0. The van der Waals surface area contributed by atoms with Crippen molar-refractivity contribution >= 4 is 0 Å². The third-order valence-corrected chi connectivity index (χ3v) is 8.04. The van der Waals surface area contributed by atoms with E-state index in [2.05, 4.69) is 38.0 Å². The Labute approximate surface area is 134 Å². The van der Waals surface area contributed by atoms with E-state index in [9.17, 15) is 5.11 Å². The van der Waals surface area contributed by atoms with Gasteiger partial charge in [0.1, 0.15) is 5.60 Å². The highest BCUT2D eigenvalue weighted by Crippen LogP contribution is 2.66. The fourth-order valence-electron chi connectivity index (χ4n) is 6.55. The Morgan fingerprint density at radius 1 is 1.18 bits per heavy atom. The van der Waals surface area contributed by atoms with Crippen LogP contribution in [0.3, 0.4) is 0 Å². The summed E-state index contributed by atoms with van der Waals surface area (Å²) in [5.74, 6) is 4.84. The first-order valence-corrected chi connectivity index (χ1v) is 9.02. The molecule has 1 heteroatoms. The third-order valence-electron chi connectivity index (χ3n) is 8.04. The average Bonchev–Trinajstić information content (AvgIpc) is 2.79. The predicted octanol–water partition coefficient (Wildman–Crippen LogP) is 4.48. The molecule has 0 unspecified atom stereocenters. The second kappa shape index (κ2) is 4.51. The predicted molar refractivity (Wildman–Crippen MR) is 90.0 cm³/mol. The van der Waals surface area contributed by atoms with Gasteiger partial charge in [-0.05, 0) is 73.7 Å². The van der Waals surface area contributed by atoms with E-state index in [0.717, 1.165) is 25.2 Å². The van der Waals surface area contributed by atoms with Crippen LogP contribution in [0.4, 0.5) is 0 Å². The van der Waals surface area contributed by atoms with Crippen LogP contribution < -0.4 is 0 Å².